The molecule has 0 unspecified atom stereocenters. The molecule has 2 aromatic carbocycles. The first-order valence-electron chi connectivity index (χ1n) is 11.0. The van der Waals surface area contributed by atoms with E-state index in [-0.39, 0.29) is 11.9 Å². The summed E-state index contributed by atoms with van der Waals surface area (Å²) in [5, 5.41) is 6.15. The number of hydrogen-bond acceptors (Lipinski definition) is 4. The molecule has 1 aliphatic heterocycles. The van der Waals surface area contributed by atoms with Crippen LogP contribution in [0.1, 0.15) is 18.2 Å². The van der Waals surface area contributed by atoms with Gasteiger partial charge >= 0.3 is 0 Å². The summed E-state index contributed by atoms with van der Waals surface area (Å²) >= 11 is 0. The number of nitrogens with zero attached hydrogens (tertiary/aromatic N) is 1. The number of nitrogens with one attached hydrogen (secondary N) is 3. The van der Waals surface area contributed by atoms with E-state index in [0.29, 0.717) is 6.54 Å². The lowest BCUT2D eigenvalue weighted by Gasteiger charge is -2.33. The molecular formula is C25H31N4O2+. The maximum atomic E-state index is 12.3. The highest BCUT2D eigenvalue weighted by Gasteiger charge is 2.20. The number of hydrogen-bond donors (Lipinski definition) is 3. The molecule has 31 heavy (non-hydrogen) atoms. The largest absolute Gasteiger partial charge is 0.467 e. The van der Waals surface area contributed by atoms with E-state index in [1.807, 2.05) is 19.1 Å². The Morgan fingerprint density at radius 2 is 1.77 bits per heavy atom. The maximum Gasteiger partial charge on any atom is 0.242 e. The highest BCUT2D eigenvalue weighted by molar-refractivity contribution is 5.84. The van der Waals surface area contributed by atoms with Gasteiger partial charge in [0.1, 0.15) is 18.3 Å². The average Bonchev–Trinajstić information content (AvgIpc) is 3.33. The highest BCUT2D eigenvalue weighted by Crippen LogP contribution is 2.18. The Kier molecular flexibility index (Phi) is 6.89. The molecule has 0 bridgehead atoms. The minimum absolute atomic E-state index is 0.0574. The molecule has 1 aliphatic rings. The van der Waals surface area contributed by atoms with Gasteiger partial charge in [0.15, 0.2) is 0 Å². The number of carbonyl (C=O) groups is 1. The topological polar surface area (TPSA) is 62.0 Å². The number of anilines is 2. The first-order chi connectivity index (χ1) is 15.2. The van der Waals surface area contributed by atoms with Gasteiger partial charge in [0.2, 0.25) is 5.91 Å². The van der Waals surface area contributed by atoms with E-state index in [0.717, 1.165) is 44.2 Å². The maximum absolute atomic E-state index is 12.3. The molecule has 1 amide bonds. The van der Waals surface area contributed by atoms with E-state index in [1.165, 1.54) is 11.3 Å². The molecule has 0 aliphatic carbocycles. The number of rotatable bonds is 8. The van der Waals surface area contributed by atoms with E-state index in [1.54, 1.807) is 11.2 Å². The third kappa shape index (κ3) is 5.89. The number of benzene rings is 2. The minimum Gasteiger partial charge on any atom is -0.467 e. The fourth-order valence-electron chi connectivity index (χ4n) is 3.97. The zero-order chi connectivity index (χ0) is 21.5. The van der Waals surface area contributed by atoms with Crippen LogP contribution in [0, 0.1) is 0 Å². The molecule has 1 saturated heterocycles. The third-order valence-electron chi connectivity index (χ3n) is 5.79. The molecule has 6 nitrogen and oxygen atoms in total. The summed E-state index contributed by atoms with van der Waals surface area (Å²) in [5.74, 6) is 0.689. The van der Waals surface area contributed by atoms with Gasteiger partial charge in [-0.1, -0.05) is 30.3 Å². The van der Waals surface area contributed by atoms with Gasteiger partial charge in [0.25, 0.3) is 0 Å². The zero-order valence-corrected chi connectivity index (χ0v) is 18.0. The number of piperazine rings is 1. The van der Waals surface area contributed by atoms with Gasteiger partial charge in [0, 0.05) is 16.9 Å². The van der Waals surface area contributed by atoms with Crippen LogP contribution >= 0.6 is 0 Å². The average molecular weight is 420 g/mol. The van der Waals surface area contributed by atoms with Crippen molar-refractivity contribution in [1.29, 1.82) is 0 Å². The Morgan fingerprint density at radius 3 is 2.45 bits per heavy atom. The molecule has 3 aromatic rings. The van der Waals surface area contributed by atoms with Crippen LogP contribution in [0.15, 0.2) is 77.4 Å². The van der Waals surface area contributed by atoms with Gasteiger partial charge in [-0.2, -0.15) is 0 Å². The van der Waals surface area contributed by atoms with Crippen LogP contribution in [0.3, 0.4) is 0 Å². The summed E-state index contributed by atoms with van der Waals surface area (Å²) in [4.78, 5) is 16.4. The van der Waals surface area contributed by atoms with E-state index in [2.05, 4.69) is 70.1 Å². The van der Waals surface area contributed by atoms with Crippen LogP contribution in [0.5, 0.6) is 0 Å². The van der Waals surface area contributed by atoms with Crippen molar-refractivity contribution in [3.05, 3.63) is 84.3 Å². The van der Waals surface area contributed by atoms with E-state index >= 15 is 0 Å². The van der Waals surface area contributed by atoms with Crippen molar-refractivity contribution in [1.82, 2.24) is 5.32 Å². The monoisotopic (exact) mass is 419 g/mol. The molecule has 0 saturated carbocycles. The van der Waals surface area contributed by atoms with Crippen LogP contribution in [-0.4, -0.2) is 38.1 Å². The van der Waals surface area contributed by atoms with Crippen molar-refractivity contribution >= 4 is 17.3 Å². The van der Waals surface area contributed by atoms with Crippen molar-refractivity contribution in [2.45, 2.75) is 26.1 Å². The number of carbonyl (C=O) groups excluding carboxylic acids is 1. The van der Waals surface area contributed by atoms with Crippen molar-refractivity contribution in [2.24, 2.45) is 0 Å². The molecule has 6 heteroatoms. The van der Waals surface area contributed by atoms with E-state index in [9.17, 15) is 4.79 Å². The lowest BCUT2D eigenvalue weighted by molar-refractivity contribution is -0.914. The molecule has 1 aromatic heterocycles. The number of furan rings is 1. The molecule has 3 N–H and O–H groups in total. The predicted octanol–water partition coefficient (Wildman–Crippen LogP) is 2.30. The molecule has 4 rings (SSSR count). The smallest absolute Gasteiger partial charge is 0.242 e. The number of quaternary nitrogens is 1. The lowest BCUT2D eigenvalue weighted by atomic mass is 10.2. The second-order valence-corrected chi connectivity index (χ2v) is 8.11. The van der Waals surface area contributed by atoms with E-state index < -0.39 is 0 Å². The van der Waals surface area contributed by atoms with Crippen molar-refractivity contribution < 1.29 is 14.1 Å². The van der Waals surface area contributed by atoms with Gasteiger partial charge in [-0.3, -0.25) is 4.79 Å². The van der Waals surface area contributed by atoms with Crippen molar-refractivity contribution in [3.63, 3.8) is 0 Å². The van der Waals surface area contributed by atoms with Crippen LogP contribution in [-0.2, 0) is 17.9 Å². The van der Waals surface area contributed by atoms with Gasteiger partial charge in [-0.05, 0) is 43.3 Å². The minimum atomic E-state index is -0.328. The van der Waals surface area contributed by atoms with Crippen LogP contribution < -0.4 is 20.4 Å². The first kappa shape index (κ1) is 21.0. The molecule has 2 heterocycles. The summed E-state index contributed by atoms with van der Waals surface area (Å²) in [6.07, 6.45) is 1.61. The van der Waals surface area contributed by atoms with Gasteiger partial charge in [-0.25, -0.2) is 0 Å². The van der Waals surface area contributed by atoms with Crippen molar-refractivity contribution in [3.8, 4) is 0 Å². The zero-order valence-electron chi connectivity index (χ0n) is 18.0. The fraction of sp³-hybridized carbons (Fsp3) is 0.320. The van der Waals surface area contributed by atoms with Crippen LogP contribution in [0.4, 0.5) is 11.4 Å². The van der Waals surface area contributed by atoms with E-state index in [4.69, 9.17) is 4.42 Å². The Morgan fingerprint density at radius 1 is 1.03 bits per heavy atom. The third-order valence-corrected chi connectivity index (χ3v) is 5.79. The molecule has 0 spiro atoms. The lowest BCUT2D eigenvalue weighted by Crippen LogP contribution is -3.13. The Labute approximate surface area is 183 Å². The second-order valence-electron chi connectivity index (χ2n) is 8.11. The molecule has 162 valence electrons. The summed E-state index contributed by atoms with van der Waals surface area (Å²) in [6.45, 7) is 7.75. The Bertz CT molecular complexity index is 933. The Hall–Kier alpha value is -3.25. The van der Waals surface area contributed by atoms with Gasteiger partial charge in [-0.15, -0.1) is 0 Å². The van der Waals surface area contributed by atoms with Crippen molar-refractivity contribution in [2.75, 3.05) is 36.4 Å². The highest BCUT2D eigenvalue weighted by atomic mass is 16.3. The molecular weight excluding hydrogens is 388 g/mol. The quantitative estimate of drug-likeness (QED) is 0.524. The standard InChI is InChI=1S/C25H30N4O2/c1-20(25(30)26-18-24-8-5-17-31-24)27-22-9-11-23(12-10-22)29-15-13-28(14-16-29)19-21-6-3-2-4-7-21/h2-12,17,20,27H,13-16,18-19H2,1H3,(H,26,30)/p+1/t20-/m1/s1. The molecule has 1 atom stereocenters. The normalized spacial score (nSPS) is 15.5. The summed E-state index contributed by atoms with van der Waals surface area (Å²) in [7, 11) is 0. The van der Waals surface area contributed by atoms with Crippen LogP contribution in [0.25, 0.3) is 0 Å². The molecule has 0 radical (unpaired) electrons. The molecule has 1 fully saturated rings. The van der Waals surface area contributed by atoms with Gasteiger partial charge in [0.05, 0.1) is 39.0 Å². The first-order valence-corrected chi connectivity index (χ1v) is 11.0. The van der Waals surface area contributed by atoms with Crippen LogP contribution in [0.2, 0.25) is 0 Å². The summed E-state index contributed by atoms with van der Waals surface area (Å²) in [6, 6.07) is 22.4. The fourth-order valence-corrected chi connectivity index (χ4v) is 3.97. The van der Waals surface area contributed by atoms with Gasteiger partial charge < -0.3 is 24.9 Å². The Balaban J connectivity index is 1.23. The SMILES string of the molecule is C[C@@H](Nc1ccc(N2CC[NH+](Cc3ccccc3)CC2)cc1)C(=O)NCc1ccco1. The second kappa shape index (κ2) is 10.2. The number of amides is 1. The predicted molar refractivity (Wildman–Crippen MR) is 123 cm³/mol. The summed E-state index contributed by atoms with van der Waals surface area (Å²) < 4.78 is 5.25. The summed E-state index contributed by atoms with van der Waals surface area (Å²) in [5.41, 5.74) is 3.58.